The molecule has 0 amide bonds. The van der Waals surface area contributed by atoms with Gasteiger partial charge in [0, 0.05) is 0 Å². The number of hydrogen-bond acceptors (Lipinski definition) is 4. The first-order valence-corrected chi connectivity index (χ1v) is 2.71. The highest BCUT2D eigenvalue weighted by Crippen LogP contribution is 2.11. The largest absolute Gasteiger partial charge is 0.489 e. The Kier molecular flexibility index (Phi) is 2.11. The van der Waals surface area contributed by atoms with Crippen molar-refractivity contribution in [3.63, 3.8) is 0 Å². The molecule has 1 radical (unpaired) electrons. The van der Waals surface area contributed by atoms with Crippen LogP contribution in [0.15, 0.2) is 0 Å². The van der Waals surface area contributed by atoms with Gasteiger partial charge in [-0.25, -0.2) is 9.59 Å². The van der Waals surface area contributed by atoms with Crippen molar-refractivity contribution in [1.82, 2.24) is 0 Å². The molecule has 2 N–H and O–H groups in total. The average molecular weight is 159 g/mol. The Morgan fingerprint density at radius 2 is 1.45 bits per heavy atom. The average Bonchev–Trinajstić information content (AvgIpc) is 2.32. The monoisotopic (exact) mass is 159 g/mol. The van der Waals surface area contributed by atoms with Gasteiger partial charge in [0.25, 0.3) is 0 Å². The van der Waals surface area contributed by atoms with E-state index in [0.717, 1.165) is 7.69 Å². The van der Waals surface area contributed by atoms with Crippen LogP contribution >= 0.6 is 0 Å². The molecule has 6 nitrogen and oxygen atoms in total. The number of carboxylic acid groups (broad SMARTS) is 2. The molecule has 1 fully saturated rings. The third-order valence-corrected chi connectivity index (χ3v) is 1.17. The lowest BCUT2D eigenvalue weighted by Gasteiger charge is -2.08. The third-order valence-electron chi connectivity index (χ3n) is 1.17. The van der Waals surface area contributed by atoms with E-state index in [2.05, 4.69) is 9.31 Å². The molecule has 1 aliphatic rings. The van der Waals surface area contributed by atoms with E-state index in [1.165, 1.54) is 0 Å². The Labute approximate surface area is 62.0 Å². The van der Waals surface area contributed by atoms with Crippen LogP contribution in [0.4, 0.5) is 0 Å². The molecule has 1 rings (SSSR count). The maximum atomic E-state index is 10.2. The fourth-order valence-electron chi connectivity index (χ4n) is 0.670. The van der Waals surface area contributed by atoms with Crippen LogP contribution in [-0.4, -0.2) is 42.0 Å². The van der Waals surface area contributed by atoms with E-state index in [0.29, 0.717) is 0 Å². The highest BCUT2D eigenvalue weighted by Gasteiger charge is 2.41. The van der Waals surface area contributed by atoms with Gasteiger partial charge < -0.3 is 19.5 Å². The van der Waals surface area contributed by atoms with Crippen molar-refractivity contribution in [2.75, 3.05) is 0 Å². The van der Waals surface area contributed by atoms with E-state index in [9.17, 15) is 9.59 Å². The summed E-state index contributed by atoms with van der Waals surface area (Å²) in [4.78, 5) is 20.5. The van der Waals surface area contributed by atoms with E-state index >= 15 is 0 Å². The molecule has 1 saturated heterocycles. The number of hydrogen-bond donors (Lipinski definition) is 2. The first-order chi connectivity index (χ1) is 5.13. The summed E-state index contributed by atoms with van der Waals surface area (Å²) in [5, 5.41) is 16.7. The van der Waals surface area contributed by atoms with Crippen LogP contribution < -0.4 is 0 Å². The van der Waals surface area contributed by atoms with Gasteiger partial charge in [-0.05, 0) is 0 Å². The highest BCUT2D eigenvalue weighted by atomic mass is 16.7. The van der Waals surface area contributed by atoms with Crippen LogP contribution in [0.3, 0.4) is 0 Å². The molecule has 11 heavy (non-hydrogen) atoms. The van der Waals surface area contributed by atoms with E-state index in [1.54, 1.807) is 0 Å². The van der Waals surface area contributed by atoms with E-state index in [1.807, 2.05) is 0 Å². The van der Waals surface area contributed by atoms with Crippen molar-refractivity contribution >= 4 is 19.6 Å². The van der Waals surface area contributed by atoms with Gasteiger partial charge in [-0.15, -0.1) is 0 Å². The van der Waals surface area contributed by atoms with Crippen molar-refractivity contribution in [2.45, 2.75) is 12.2 Å². The van der Waals surface area contributed by atoms with Crippen molar-refractivity contribution in [2.24, 2.45) is 0 Å². The van der Waals surface area contributed by atoms with Crippen molar-refractivity contribution in [3.05, 3.63) is 0 Å². The molecule has 59 valence electrons. The van der Waals surface area contributed by atoms with Gasteiger partial charge in [0.2, 0.25) is 0 Å². The molecule has 0 saturated carbocycles. The van der Waals surface area contributed by atoms with Gasteiger partial charge in [0.15, 0.2) is 12.2 Å². The van der Waals surface area contributed by atoms with Crippen LogP contribution in [0.5, 0.6) is 0 Å². The molecule has 0 aromatic heterocycles. The molecule has 7 heteroatoms. The normalized spacial score (nSPS) is 29.5. The van der Waals surface area contributed by atoms with E-state index in [4.69, 9.17) is 10.2 Å². The molecular formula is C4H4BO6. The minimum Gasteiger partial charge on any atom is -0.479 e. The second kappa shape index (κ2) is 2.89. The first-order valence-electron chi connectivity index (χ1n) is 2.71. The van der Waals surface area contributed by atoms with Gasteiger partial charge in [0.05, 0.1) is 0 Å². The second-order valence-corrected chi connectivity index (χ2v) is 1.89. The number of carboxylic acids is 2. The predicted molar refractivity (Wildman–Crippen MR) is 30.8 cm³/mol. The summed E-state index contributed by atoms with van der Waals surface area (Å²) in [6, 6.07) is 0. The maximum absolute atomic E-state index is 10.2. The summed E-state index contributed by atoms with van der Waals surface area (Å²) in [5.41, 5.74) is 0. The standard InChI is InChI=1S/C4H4BO6/c6-3(7)1-2(4(8)9)11-5-10-1/h1-2H,(H,6,7)(H,8,9). The molecule has 0 bridgehead atoms. The summed E-state index contributed by atoms with van der Waals surface area (Å²) in [7, 11) is 0.720. The zero-order valence-corrected chi connectivity index (χ0v) is 5.26. The Bertz CT molecular complexity index is 171. The lowest BCUT2D eigenvalue weighted by molar-refractivity contribution is -0.156. The topological polar surface area (TPSA) is 93.1 Å². The molecule has 2 unspecified atom stereocenters. The second-order valence-electron chi connectivity index (χ2n) is 1.89. The number of rotatable bonds is 2. The van der Waals surface area contributed by atoms with Gasteiger partial charge in [0.1, 0.15) is 0 Å². The molecular weight excluding hydrogens is 155 g/mol. The Hall–Kier alpha value is -1.08. The molecule has 0 aromatic rings. The highest BCUT2D eigenvalue weighted by molar-refractivity contribution is 6.21. The summed E-state index contributed by atoms with van der Waals surface area (Å²) < 4.78 is 8.72. The van der Waals surface area contributed by atoms with Crippen molar-refractivity contribution < 1.29 is 29.1 Å². The quantitative estimate of drug-likeness (QED) is 0.475. The van der Waals surface area contributed by atoms with E-state index < -0.39 is 24.1 Å². The maximum Gasteiger partial charge on any atom is 0.489 e. The summed E-state index contributed by atoms with van der Waals surface area (Å²) >= 11 is 0. The predicted octanol–water partition coefficient (Wildman–Crippen LogP) is -1.53. The Morgan fingerprint density at radius 3 is 1.73 bits per heavy atom. The number of carbonyl (C=O) groups is 2. The molecule has 1 aliphatic heterocycles. The molecule has 0 aliphatic carbocycles. The summed E-state index contributed by atoms with van der Waals surface area (Å²) in [6.07, 6.45) is -2.88. The smallest absolute Gasteiger partial charge is 0.479 e. The van der Waals surface area contributed by atoms with Crippen molar-refractivity contribution in [1.29, 1.82) is 0 Å². The van der Waals surface area contributed by atoms with Crippen LogP contribution in [0, 0.1) is 0 Å². The molecule has 2 atom stereocenters. The minimum absolute atomic E-state index is 0.720. The zero-order valence-electron chi connectivity index (χ0n) is 5.26. The Balaban J connectivity index is 2.65. The molecule has 1 heterocycles. The fraction of sp³-hybridized carbons (Fsp3) is 0.500. The minimum atomic E-state index is -1.44. The van der Waals surface area contributed by atoms with Gasteiger partial charge in [-0.3, -0.25) is 0 Å². The van der Waals surface area contributed by atoms with Crippen LogP contribution in [0.2, 0.25) is 0 Å². The van der Waals surface area contributed by atoms with Crippen molar-refractivity contribution in [3.8, 4) is 0 Å². The van der Waals surface area contributed by atoms with Gasteiger partial charge in [-0.2, -0.15) is 0 Å². The number of aliphatic carboxylic acids is 2. The Morgan fingerprint density at radius 1 is 1.09 bits per heavy atom. The fourth-order valence-corrected chi connectivity index (χ4v) is 0.670. The van der Waals surface area contributed by atoms with Crippen LogP contribution in [0.1, 0.15) is 0 Å². The van der Waals surface area contributed by atoms with Crippen LogP contribution in [0.25, 0.3) is 0 Å². The summed E-state index contributed by atoms with van der Waals surface area (Å²) in [6.45, 7) is 0. The van der Waals surface area contributed by atoms with Gasteiger partial charge in [-0.1, -0.05) is 0 Å². The molecule has 0 spiro atoms. The van der Waals surface area contributed by atoms with E-state index in [-0.39, 0.29) is 0 Å². The van der Waals surface area contributed by atoms with Crippen LogP contribution in [-0.2, 0) is 18.9 Å². The lowest BCUT2D eigenvalue weighted by atomic mass is 10.2. The molecule has 0 aromatic carbocycles. The SMILES string of the molecule is O=C(O)C1O[B]OC1C(=O)O. The zero-order chi connectivity index (χ0) is 8.43. The van der Waals surface area contributed by atoms with Gasteiger partial charge >= 0.3 is 19.6 Å². The summed E-state index contributed by atoms with van der Waals surface area (Å²) in [5.74, 6) is -2.71. The lowest BCUT2D eigenvalue weighted by Crippen LogP contribution is -2.36. The third kappa shape index (κ3) is 1.49. The first kappa shape index (κ1) is 8.03.